The van der Waals surface area contributed by atoms with Crippen molar-refractivity contribution in [2.75, 3.05) is 52.9 Å². The van der Waals surface area contributed by atoms with E-state index in [1.54, 1.807) is 69.4 Å². The summed E-state index contributed by atoms with van der Waals surface area (Å²) in [4.78, 5) is 55.6. The first-order valence-electron chi connectivity index (χ1n) is 49.0. The fourth-order valence-electron chi connectivity index (χ4n) is 12.4. The zero-order valence-corrected chi connectivity index (χ0v) is 92.7. The number of nitrogens with zero attached hydrogens (tertiary/aromatic N) is 27. The van der Waals surface area contributed by atoms with Crippen molar-refractivity contribution in [2.45, 2.75) is 370 Å². The normalized spacial score (nSPS) is 12.9. The molecular weight excluding hydrogens is 1760 g/mol. The number of tetrazole rings is 2. The minimum absolute atomic E-state index is 0.324. The van der Waals surface area contributed by atoms with Crippen molar-refractivity contribution >= 4 is 28.6 Å². The third-order valence-electron chi connectivity index (χ3n) is 20.9. The predicted molar refractivity (Wildman–Crippen MR) is 561 cm³/mol. The lowest BCUT2D eigenvalue weighted by molar-refractivity contribution is -0.129. The Kier molecular flexibility index (Phi) is 64.7. The van der Waals surface area contributed by atoms with Gasteiger partial charge in [0.2, 0.25) is 18.2 Å². The molecule has 0 radical (unpaired) electrons. The number of nitrogens with one attached hydrogen (secondary N) is 2. The molecule has 0 atom stereocenters. The maximum atomic E-state index is 10.9. The van der Waals surface area contributed by atoms with Crippen LogP contribution in [0.2, 0.25) is 0 Å². The number of imidazole rings is 4. The summed E-state index contributed by atoms with van der Waals surface area (Å²) < 4.78 is 26.7. The second-order valence-corrected chi connectivity index (χ2v) is 40.1. The van der Waals surface area contributed by atoms with Crippen molar-refractivity contribution in [3.05, 3.63) is 209 Å². The molecule has 0 aromatic carbocycles. The minimum atomic E-state index is 0.324. The number of amides is 1. The fraction of sp³-hybridized carbons (Fsp3) is 0.647. The average molecular weight is 1940 g/mol. The Morgan fingerprint density at radius 3 is 1.31 bits per heavy atom. The summed E-state index contributed by atoms with van der Waals surface area (Å²) in [6.45, 7) is 82.5. The Morgan fingerprint density at radius 1 is 0.438 bits per heavy atom. The summed E-state index contributed by atoms with van der Waals surface area (Å²) in [6.07, 6.45) is 38.4. The molecule has 33 nitrogen and oxygen atoms in total. The lowest BCUT2D eigenvalue weighted by atomic mass is 10.1. The Balaban J connectivity index is 0.000000731. The molecule has 3 fully saturated rings. The van der Waals surface area contributed by atoms with Gasteiger partial charge in [0.05, 0.1) is 46.8 Å². The Labute approximate surface area is 831 Å². The maximum absolute atomic E-state index is 10.9. The molecular formula is C102H179N29O4S2. The lowest BCUT2D eigenvalue weighted by Crippen LogP contribution is -2.47. The second kappa shape index (κ2) is 71.1. The van der Waals surface area contributed by atoms with Gasteiger partial charge in [-0.05, 0) is 214 Å². The molecule has 3 saturated heterocycles. The van der Waals surface area contributed by atoms with E-state index >= 15 is 0 Å². The van der Waals surface area contributed by atoms with Crippen LogP contribution in [0.3, 0.4) is 0 Å². The van der Waals surface area contributed by atoms with E-state index in [1.807, 2.05) is 159 Å². The average Bonchev–Trinajstić information content (AvgIpc) is 1.78. The molecule has 2 N–H and O–H groups in total. The molecule has 0 aliphatic carbocycles. The van der Waals surface area contributed by atoms with Crippen molar-refractivity contribution in [1.29, 1.82) is 0 Å². The number of rotatable bonds is 16. The quantitative estimate of drug-likeness (QED) is 0.0907. The molecule has 13 aromatic heterocycles. The van der Waals surface area contributed by atoms with Gasteiger partial charge in [-0.3, -0.25) is 14.8 Å². The number of hydrogen-bond donors (Lipinski definition) is 2. The number of piperazine rings is 1. The molecule has 35 heteroatoms. The van der Waals surface area contributed by atoms with Gasteiger partial charge in [-0.25, -0.2) is 49.2 Å². The van der Waals surface area contributed by atoms with Crippen molar-refractivity contribution < 1.29 is 18.0 Å². The van der Waals surface area contributed by atoms with Crippen molar-refractivity contribution in [3.63, 3.8) is 0 Å². The molecule has 1 amide bonds. The number of oxazole rings is 2. The highest BCUT2D eigenvalue weighted by molar-refractivity contribution is 7.09. The molecule has 3 aliphatic rings. The zero-order chi connectivity index (χ0) is 103. The van der Waals surface area contributed by atoms with Gasteiger partial charge in [-0.15, -0.1) is 43.1 Å². The topological polar surface area (TPSA) is 350 Å². The van der Waals surface area contributed by atoms with E-state index in [-0.39, 0.29) is 0 Å². The SMILES string of the molecule is CC(C)N1CCCC1=O.CC(C)N1CCCCC1.CC(C)N1CCN(C)CC1.CC(C)c1ccn[nH]1.CC(C)c1cnc[nH]1.CC(C)c1cnco1.CC(C)c1nccn1C.CC(C)c1ncco1.CC(C)c1nccs1.CC(C)c1nnco1.CC(C)c1nnnn1C.CC(C)n1cccc1.CC(C)n1ccnc1.Cc1nc(C(C)C)cs1.Cc1nccn1C(C)C.Cc1nnnn1C(C)C. The first-order chi connectivity index (χ1) is 64.7. The van der Waals surface area contributed by atoms with E-state index in [1.165, 1.54) is 98.4 Å². The van der Waals surface area contributed by atoms with Crippen LogP contribution in [-0.4, -0.2) is 220 Å². The highest BCUT2D eigenvalue weighted by atomic mass is 32.1. The van der Waals surface area contributed by atoms with E-state index in [9.17, 15) is 4.79 Å². The number of likely N-dealkylation sites (N-methyl/N-ethyl adjacent to an activating group) is 1. The molecule has 0 saturated carbocycles. The van der Waals surface area contributed by atoms with E-state index in [2.05, 4.69) is 330 Å². The molecule has 0 spiro atoms. The number of H-pyrrole nitrogens is 2. The van der Waals surface area contributed by atoms with E-state index in [0.29, 0.717) is 95.3 Å². The van der Waals surface area contributed by atoms with Crippen LogP contribution in [0.4, 0.5) is 0 Å². The van der Waals surface area contributed by atoms with Crippen molar-refractivity contribution in [1.82, 2.24) is 144 Å². The maximum Gasteiger partial charge on any atom is 0.222 e. The number of hydrogen-bond acceptors (Lipinski definition) is 26. The predicted octanol–water partition coefficient (Wildman–Crippen LogP) is 24.0. The highest BCUT2D eigenvalue weighted by Gasteiger charge is 2.22. The first kappa shape index (κ1) is 125. The van der Waals surface area contributed by atoms with Crippen LogP contribution in [-0.2, 0) is 18.9 Å². The molecule has 0 bridgehead atoms. The molecule has 768 valence electrons. The Bertz CT molecular complexity index is 4170. The Hall–Kier alpha value is -10.4. The summed E-state index contributed by atoms with van der Waals surface area (Å²) in [6, 6.07) is 10.0. The second-order valence-electron chi connectivity index (χ2n) is 38.2. The third-order valence-corrected chi connectivity index (χ3v) is 22.7. The fourth-order valence-corrected chi connectivity index (χ4v) is 13.8. The molecule has 16 heterocycles. The van der Waals surface area contributed by atoms with E-state index < -0.39 is 0 Å². The number of aryl methyl sites for hydroxylation is 5. The number of likely N-dealkylation sites (tertiary alicyclic amines) is 2. The van der Waals surface area contributed by atoms with Gasteiger partial charge < -0.3 is 51.2 Å². The number of carbonyl (C=O) groups excluding carboxylic acids is 1. The van der Waals surface area contributed by atoms with Crippen molar-refractivity contribution in [2.24, 2.45) is 14.1 Å². The highest BCUT2D eigenvalue weighted by Crippen LogP contribution is 2.20. The van der Waals surface area contributed by atoms with Gasteiger partial charge in [-0.1, -0.05) is 131 Å². The molecule has 0 unspecified atom stereocenters. The summed E-state index contributed by atoms with van der Waals surface area (Å²) >= 11 is 3.44. The monoisotopic (exact) mass is 1940 g/mol. The van der Waals surface area contributed by atoms with Gasteiger partial charge in [0, 0.05) is 215 Å². The van der Waals surface area contributed by atoms with Crippen LogP contribution in [0.1, 0.15) is 399 Å². The lowest BCUT2D eigenvalue weighted by Gasteiger charge is -2.34. The standard InChI is InChI=1S/C8H18N2.C8H17N.2C7H12N2.C7H13NO.C7H11NS.C7H11N.3C6H10N2.2C6H9NO.C6H9NS.2C5H10N4.C5H8N2O/c1-8(2)10-6-4-9(3)5-7-10;1-8(2)9-6-4-3-5-7-9;1-6(2)7-8-4-5-9(7)3;1-6(2)9-5-4-8-7(9)3;1-6(2)8-5-3-4-7(8)9;1-5(2)7-4-9-6(3)8-7;1-7(2)8-5-3-4-6-8;1-5(2)6-3-7-4-8-6;1-6(2)8-4-3-7-5-8;1-5(2)6-3-4-7-8-6;1-5(2)6-3-7-4-8-6;2*1-5(2)6-7-3-4-8-6;1-4(2)5-6-7-8-9(5)3;1-4(2)9-5(3)6-7-8-9;1-4(2)5-7-6-3-8-5/h8H,4-7H2,1-3H3;8H,3-7H2,1-2H3;2*4-6H,1-3H3;6H,3-5H2,1-2H3;4-5H,1-3H3;3-7H,1-2H3;3-5H,1-2H3,(H,7,8);3-6H,1-2H3;3-5H,1-2H3,(H,7,8);3*3-5H,1-2H3;2*4H,1-3H3;3-4H,1-2H3. The number of piperidine rings is 1. The largest absolute Gasteiger partial charge is 0.449 e. The number of thiazole rings is 2. The van der Waals surface area contributed by atoms with Crippen LogP contribution in [0.15, 0.2) is 154 Å². The Morgan fingerprint density at radius 2 is 1.05 bits per heavy atom. The summed E-state index contributed by atoms with van der Waals surface area (Å²) in [5, 5.41) is 42.5. The van der Waals surface area contributed by atoms with Gasteiger partial charge >= 0.3 is 0 Å². The van der Waals surface area contributed by atoms with Crippen LogP contribution in [0.5, 0.6) is 0 Å². The van der Waals surface area contributed by atoms with E-state index in [0.717, 1.165) is 66.4 Å². The van der Waals surface area contributed by atoms with Gasteiger partial charge in [0.25, 0.3) is 0 Å². The summed E-state index contributed by atoms with van der Waals surface area (Å²) in [7, 11) is 6.05. The first-order valence-corrected chi connectivity index (χ1v) is 50.8. The van der Waals surface area contributed by atoms with Crippen LogP contribution >= 0.6 is 22.7 Å². The minimum Gasteiger partial charge on any atom is -0.449 e. The van der Waals surface area contributed by atoms with E-state index in [4.69, 9.17) is 13.3 Å². The molecule has 13 aromatic rings. The van der Waals surface area contributed by atoms with Crippen LogP contribution < -0.4 is 0 Å². The van der Waals surface area contributed by atoms with Crippen molar-refractivity contribution in [3.8, 4) is 0 Å². The smallest absolute Gasteiger partial charge is 0.222 e. The number of carbonyl (C=O) groups is 1. The van der Waals surface area contributed by atoms with Crippen LogP contribution in [0, 0.1) is 20.8 Å². The zero-order valence-electron chi connectivity index (χ0n) is 91.0. The molecule has 3 aliphatic heterocycles. The summed E-state index contributed by atoms with van der Waals surface area (Å²) in [5.74, 6) is 11.3. The molecule has 137 heavy (non-hydrogen) atoms. The van der Waals surface area contributed by atoms with Crippen LogP contribution in [0.25, 0.3) is 0 Å². The number of aromatic nitrogens is 25. The molecule has 16 rings (SSSR count). The van der Waals surface area contributed by atoms with Gasteiger partial charge in [0.15, 0.2) is 18.1 Å². The summed E-state index contributed by atoms with van der Waals surface area (Å²) in [5.41, 5.74) is 3.62. The number of aromatic amines is 2. The third kappa shape index (κ3) is 55.1. The van der Waals surface area contributed by atoms with Gasteiger partial charge in [-0.2, -0.15) is 5.10 Å². The van der Waals surface area contributed by atoms with Gasteiger partial charge in [0.1, 0.15) is 29.5 Å².